The Balaban J connectivity index is 1.57. The molecule has 0 atom stereocenters. The molecule has 0 radical (unpaired) electrons. The summed E-state index contributed by atoms with van der Waals surface area (Å²) < 4.78 is 7.04. The lowest BCUT2D eigenvalue weighted by molar-refractivity contribution is -0.384. The van der Waals surface area contributed by atoms with E-state index in [1.54, 1.807) is 42.5 Å². The summed E-state index contributed by atoms with van der Waals surface area (Å²) in [4.78, 5) is 52.8. The van der Waals surface area contributed by atoms with Crippen molar-refractivity contribution in [3.8, 4) is 0 Å². The van der Waals surface area contributed by atoms with Gasteiger partial charge >= 0.3 is 6.03 Å². The molecule has 5 rings (SSSR count). The van der Waals surface area contributed by atoms with E-state index in [0.29, 0.717) is 17.8 Å². The van der Waals surface area contributed by atoms with Gasteiger partial charge in [0.2, 0.25) is 0 Å². The second kappa shape index (κ2) is 10.7. The molecule has 0 unspecified atom stereocenters. The van der Waals surface area contributed by atoms with E-state index in [4.69, 9.17) is 4.74 Å². The topological polar surface area (TPSA) is 115 Å². The molecule has 4 aromatic rings. The number of urea groups is 1. The molecular weight excluding hydrogens is 500 g/mol. The number of nitrogens with zero attached hydrogens (tertiary/aromatic N) is 4. The highest BCUT2D eigenvalue weighted by Gasteiger charge is 2.42. The zero-order chi connectivity index (χ0) is 27.5. The second-order valence-corrected chi connectivity index (χ2v) is 8.92. The van der Waals surface area contributed by atoms with Gasteiger partial charge in [-0.1, -0.05) is 48.5 Å². The van der Waals surface area contributed by atoms with Crippen LogP contribution < -0.4 is 4.90 Å². The Morgan fingerprint density at radius 2 is 1.59 bits per heavy atom. The van der Waals surface area contributed by atoms with Crippen molar-refractivity contribution in [1.82, 2.24) is 9.47 Å². The molecule has 39 heavy (non-hydrogen) atoms. The van der Waals surface area contributed by atoms with Crippen LogP contribution in [0.3, 0.4) is 0 Å². The van der Waals surface area contributed by atoms with Crippen molar-refractivity contribution in [2.75, 3.05) is 25.2 Å². The number of para-hydroxylation sites is 2. The SMILES string of the molecule is COCCN1C(=O)/C(=C/c2cn(Cc3ccc([N+](=O)[O-])cc3)c3ccccc23)C(=O)N(c2ccccc2)C1=O. The highest BCUT2D eigenvalue weighted by atomic mass is 16.6. The molecule has 1 aromatic heterocycles. The number of carbonyl (C=O) groups is 3. The van der Waals surface area contributed by atoms with Gasteiger partial charge in [0.05, 0.1) is 23.8 Å². The van der Waals surface area contributed by atoms with Crippen LogP contribution in [0.1, 0.15) is 11.1 Å². The summed E-state index contributed by atoms with van der Waals surface area (Å²) in [6.45, 7) is 0.526. The maximum absolute atomic E-state index is 13.6. The minimum Gasteiger partial charge on any atom is -0.383 e. The molecule has 0 spiro atoms. The zero-order valence-electron chi connectivity index (χ0n) is 21.0. The minimum atomic E-state index is -0.731. The number of hydrogen-bond donors (Lipinski definition) is 0. The fraction of sp³-hybridized carbons (Fsp3) is 0.138. The van der Waals surface area contributed by atoms with Crippen molar-refractivity contribution >= 4 is 46.2 Å². The van der Waals surface area contributed by atoms with Gasteiger partial charge in [0.15, 0.2) is 0 Å². The molecule has 0 aliphatic carbocycles. The van der Waals surface area contributed by atoms with Gasteiger partial charge in [-0.25, -0.2) is 9.69 Å². The number of ether oxygens (including phenoxy) is 1. The van der Waals surface area contributed by atoms with Crippen molar-refractivity contribution < 1.29 is 24.0 Å². The van der Waals surface area contributed by atoms with Crippen LogP contribution in [0.25, 0.3) is 17.0 Å². The van der Waals surface area contributed by atoms with Crippen molar-refractivity contribution in [3.63, 3.8) is 0 Å². The van der Waals surface area contributed by atoms with Gasteiger partial charge in [0.25, 0.3) is 17.5 Å². The average molecular weight is 525 g/mol. The highest BCUT2D eigenvalue weighted by Crippen LogP contribution is 2.29. The third-order valence-corrected chi connectivity index (χ3v) is 6.48. The van der Waals surface area contributed by atoms with Crippen LogP contribution in [0, 0.1) is 10.1 Å². The second-order valence-electron chi connectivity index (χ2n) is 8.92. The Labute approximate surface area is 223 Å². The molecule has 10 nitrogen and oxygen atoms in total. The van der Waals surface area contributed by atoms with E-state index in [2.05, 4.69) is 0 Å². The molecule has 1 saturated heterocycles. The van der Waals surface area contributed by atoms with Gasteiger partial charge < -0.3 is 9.30 Å². The smallest absolute Gasteiger partial charge is 0.338 e. The number of anilines is 1. The fourth-order valence-electron chi connectivity index (χ4n) is 4.56. The standard InChI is InChI=1S/C29H24N4O6/c1-39-16-15-31-27(34)25(28(35)32(29(31)36)22-7-3-2-4-8-22)17-21-19-30(26-10-6-5-9-24(21)26)18-20-11-13-23(14-12-20)33(37)38/h2-14,17,19H,15-16,18H2,1H3/b25-17-. The van der Waals surface area contributed by atoms with E-state index in [1.165, 1.54) is 25.3 Å². The number of benzene rings is 3. The number of barbiturate groups is 1. The van der Waals surface area contributed by atoms with Gasteiger partial charge in [-0.3, -0.25) is 24.6 Å². The average Bonchev–Trinajstić information content (AvgIpc) is 3.29. The van der Waals surface area contributed by atoms with Gasteiger partial charge in [0, 0.05) is 48.5 Å². The summed E-state index contributed by atoms with van der Waals surface area (Å²) in [5, 5.41) is 11.8. The lowest BCUT2D eigenvalue weighted by atomic mass is 10.0. The van der Waals surface area contributed by atoms with E-state index in [1.807, 2.05) is 35.0 Å². The molecule has 196 valence electrons. The largest absolute Gasteiger partial charge is 0.383 e. The molecule has 0 bridgehead atoms. The molecule has 1 fully saturated rings. The van der Waals surface area contributed by atoms with E-state index in [9.17, 15) is 24.5 Å². The number of nitro benzene ring substituents is 1. The van der Waals surface area contributed by atoms with Gasteiger partial charge in [0.1, 0.15) is 5.57 Å². The molecule has 0 saturated carbocycles. The summed E-state index contributed by atoms with van der Waals surface area (Å²) in [5.41, 5.74) is 2.54. The Morgan fingerprint density at radius 1 is 0.897 bits per heavy atom. The maximum atomic E-state index is 13.6. The normalized spacial score (nSPS) is 15.0. The lowest BCUT2D eigenvalue weighted by Crippen LogP contribution is -2.57. The maximum Gasteiger partial charge on any atom is 0.338 e. The number of hydrogen-bond acceptors (Lipinski definition) is 6. The van der Waals surface area contributed by atoms with Crippen LogP contribution in [0.4, 0.5) is 16.2 Å². The van der Waals surface area contributed by atoms with E-state index in [0.717, 1.165) is 26.3 Å². The zero-order valence-corrected chi connectivity index (χ0v) is 21.0. The number of carbonyl (C=O) groups excluding carboxylic acids is 3. The summed E-state index contributed by atoms with van der Waals surface area (Å²) in [5.74, 6) is -1.40. The third-order valence-electron chi connectivity index (χ3n) is 6.48. The molecular formula is C29H24N4O6. The van der Waals surface area contributed by atoms with E-state index < -0.39 is 22.8 Å². The number of imide groups is 2. The van der Waals surface area contributed by atoms with Crippen molar-refractivity contribution in [3.05, 3.63) is 112 Å². The Hall–Kier alpha value is -5.09. The van der Waals surface area contributed by atoms with Crippen LogP contribution >= 0.6 is 0 Å². The van der Waals surface area contributed by atoms with Crippen molar-refractivity contribution in [1.29, 1.82) is 0 Å². The third kappa shape index (κ3) is 4.92. The Morgan fingerprint density at radius 3 is 2.28 bits per heavy atom. The first-order valence-electron chi connectivity index (χ1n) is 12.2. The number of amides is 4. The molecule has 1 aliphatic heterocycles. The summed E-state index contributed by atoms with van der Waals surface area (Å²) >= 11 is 0. The molecule has 4 amide bonds. The number of nitro groups is 1. The quantitative estimate of drug-likeness (QED) is 0.144. The van der Waals surface area contributed by atoms with Gasteiger partial charge in [-0.05, 0) is 29.8 Å². The van der Waals surface area contributed by atoms with Crippen LogP contribution in [0.2, 0.25) is 0 Å². The number of rotatable bonds is 8. The van der Waals surface area contributed by atoms with Crippen LogP contribution in [0.5, 0.6) is 0 Å². The molecule has 10 heteroatoms. The van der Waals surface area contributed by atoms with Crippen LogP contribution in [-0.4, -0.2) is 52.5 Å². The molecule has 1 aliphatic rings. The monoisotopic (exact) mass is 524 g/mol. The summed E-state index contributed by atoms with van der Waals surface area (Å²) in [6.07, 6.45) is 3.34. The predicted molar refractivity (Wildman–Crippen MR) is 145 cm³/mol. The Bertz CT molecular complexity index is 1610. The van der Waals surface area contributed by atoms with Crippen molar-refractivity contribution in [2.45, 2.75) is 6.54 Å². The fourth-order valence-corrected chi connectivity index (χ4v) is 4.56. The first-order valence-corrected chi connectivity index (χ1v) is 12.2. The molecule has 0 N–H and O–H groups in total. The van der Waals surface area contributed by atoms with Crippen LogP contribution in [0.15, 0.2) is 90.6 Å². The summed E-state index contributed by atoms with van der Waals surface area (Å²) in [6, 6.07) is 21.5. The predicted octanol–water partition coefficient (Wildman–Crippen LogP) is 4.62. The van der Waals surface area contributed by atoms with Gasteiger partial charge in [-0.15, -0.1) is 0 Å². The minimum absolute atomic E-state index is 0.00593. The highest BCUT2D eigenvalue weighted by molar-refractivity contribution is 6.39. The number of methoxy groups -OCH3 is 1. The van der Waals surface area contributed by atoms with E-state index >= 15 is 0 Å². The first kappa shape index (κ1) is 25.6. The summed E-state index contributed by atoms with van der Waals surface area (Å²) in [7, 11) is 1.47. The van der Waals surface area contributed by atoms with Gasteiger partial charge in [-0.2, -0.15) is 0 Å². The van der Waals surface area contributed by atoms with Crippen LogP contribution in [-0.2, 0) is 20.9 Å². The first-order chi connectivity index (χ1) is 18.9. The van der Waals surface area contributed by atoms with E-state index in [-0.39, 0.29) is 24.4 Å². The van der Waals surface area contributed by atoms with Crippen molar-refractivity contribution in [2.24, 2.45) is 0 Å². The number of aromatic nitrogens is 1. The molecule has 3 aromatic carbocycles. The number of fused-ring (bicyclic) bond motifs is 1. The molecule has 2 heterocycles. The Kier molecular flexibility index (Phi) is 7.02. The number of non-ortho nitro benzene ring substituents is 1. The lowest BCUT2D eigenvalue weighted by Gasteiger charge is -2.33.